The molecule has 0 saturated carbocycles. The highest BCUT2D eigenvalue weighted by atomic mass is 35.5. The Morgan fingerprint density at radius 3 is 2.75 bits per heavy atom. The Labute approximate surface area is 175 Å². The van der Waals surface area contributed by atoms with E-state index in [0.717, 1.165) is 30.8 Å². The quantitative estimate of drug-likeness (QED) is 0.516. The third-order valence-corrected chi connectivity index (χ3v) is 7.99. The predicted octanol–water partition coefficient (Wildman–Crippen LogP) is 3.71. The van der Waals surface area contributed by atoms with E-state index in [1.165, 1.54) is 16.1 Å². The standard InChI is InChI=1S/C16H16ClN5O3S3/c17-14-13(18-21-27-14)10-26-16-20-19-15(25-16)11-5-4-6-12(9-11)28(23,24)22-7-2-1-3-8-22/h4-6,9H,1-3,7-8,10H2. The Morgan fingerprint density at radius 1 is 1.18 bits per heavy atom. The van der Waals surface area contributed by atoms with E-state index in [0.29, 0.717) is 39.7 Å². The molecule has 1 aromatic carbocycles. The number of sulfonamides is 1. The first-order valence-electron chi connectivity index (χ1n) is 8.57. The van der Waals surface area contributed by atoms with Crippen molar-refractivity contribution in [2.24, 2.45) is 0 Å². The molecule has 3 aromatic rings. The molecule has 1 fully saturated rings. The van der Waals surface area contributed by atoms with E-state index in [-0.39, 0.29) is 10.8 Å². The Bertz CT molecular complexity index is 1060. The molecule has 0 spiro atoms. The SMILES string of the molecule is O=S(=O)(c1cccc(-c2nnc(SCc3nnsc3Cl)o2)c1)N1CCCCC1. The second-order valence-corrected chi connectivity index (χ2v) is 10.4. The summed E-state index contributed by atoms with van der Waals surface area (Å²) in [6, 6.07) is 6.60. The van der Waals surface area contributed by atoms with Crippen molar-refractivity contribution in [1.29, 1.82) is 0 Å². The minimum atomic E-state index is -3.52. The van der Waals surface area contributed by atoms with Crippen molar-refractivity contribution < 1.29 is 12.8 Å². The van der Waals surface area contributed by atoms with Gasteiger partial charge in [0.15, 0.2) is 0 Å². The molecule has 0 radical (unpaired) electrons. The van der Waals surface area contributed by atoms with Crippen LogP contribution in [0.25, 0.3) is 11.5 Å². The molecule has 0 atom stereocenters. The van der Waals surface area contributed by atoms with Crippen LogP contribution in [-0.4, -0.2) is 45.6 Å². The Morgan fingerprint density at radius 2 is 2.00 bits per heavy atom. The molecule has 4 rings (SSSR count). The maximum atomic E-state index is 12.9. The molecule has 0 bridgehead atoms. The minimum absolute atomic E-state index is 0.236. The van der Waals surface area contributed by atoms with Gasteiger partial charge in [0.2, 0.25) is 15.9 Å². The molecule has 1 aliphatic rings. The third-order valence-electron chi connectivity index (χ3n) is 4.28. The molecule has 1 saturated heterocycles. The fourth-order valence-corrected chi connectivity index (χ4v) is 5.90. The number of benzene rings is 1. The summed E-state index contributed by atoms with van der Waals surface area (Å²) in [5, 5.41) is 12.3. The second-order valence-electron chi connectivity index (χ2n) is 6.15. The van der Waals surface area contributed by atoms with Gasteiger partial charge < -0.3 is 4.42 Å². The maximum absolute atomic E-state index is 12.9. The van der Waals surface area contributed by atoms with Gasteiger partial charge >= 0.3 is 0 Å². The Balaban J connectivity index is 1.51. The van der Waals surface area contributed by atoms with Crippen LogP contribution in [-0.2, 0) is 15.8 Å². The lowest BCUT2D eigenvalue weighted by molar-refractivity contribution is 0.346. The molecule has 0 aliphatic carbocycles. The van der Waals surface area contributed by atoms with Gasteiger partial charge in [0.1, 0.15) is 10.0 Å². The molecule has 12 heteroatoms. The van der Waals surface area contributed by atoms with E-state index < -0.39 is 10.0 Å². The minimum Gasteiger partial charge on any atom is -0.411 e. The van der Waals surface area contributed by atoms with Gasteiger partial charge in [0.05, 0.1) is 4.90 Å². The largest absolute Gasteiger partial charge is 0.411 e. The van der Waals surface area contributed by atoms with E-state index in [4.69, 9.17) is 16.0 Å². The molecule has 1 aliphatic heterocycles. The van der Waals surface area contributed by atoms with Crippen molar-refractivity contribution in [1.82, 2.24) is 24.1 Å². The van der Waals surface area contributed by atoms with Crippen LogP contribution in [0.2, 0.25) is 4.34 Å². The van der Waals surface area contributed by atoms with Crippen molar-refractivity contribution in [2.75, 3.05) is 13.1 Å². The molecule has 28 heavy (non-hydrogen) atoms. The summed E-state index contributed by atoms with van der Waals surface area (Å²) in [6.07, 6.45) is 2.85. The fraction of sp³-hybridized carbons (Fsp3) is 0.375. The van der Waals surface area contributed by atoms with Crippen molar-refractivity contribution in [2.45, 2.75) is 35.1 Å². The van der Waals surface area contributed by atoms with E-state index in [2.05, 4.69) is 19.8 Å². The highest BCUT2D eigenvalue weighted by molar-refractivity contribution is 7.98. The lowest BCUT2D eigenvalue weighted by atomic mass is 10.2. The zero-order valence-electron chi connectivity index (χ0n) is 14.6. The third kappa shape index (κ3) is 4.23. The number of halogens is 1. The van der Waals surface area contributed by atoms with Crippen LogP contribution in [0.4, 0.5) is 0 Å². The van der Waals surface area contributed by atoms with E-state index in [1.807, 2.05) is 0 Å². The van der Waals surface area contributed by atoms with Gasteiger partial charge in [0.25, 0.3) is 5.22 Å². The molecular weight excluding hydrogens is 442 g/mol. The first-order chi connectivity index (χ1) is 13.5. The van der Waals surface area contributed by atoms with Crippen LogP contribution in [0, 0.1) is 0 Å². The molecule has 3 heterocycles. The van der Waals surface area contributed by atoms with Gasteiger partial charge in [-0.1, -0.05) is 40.3 Å². The van der Waals surface area contributed by atoms with Crippen molar-refractivity contribution in [3.63, 3.8) is 0 Å². The molecule has 148 valence electrons. The lowest BCUT2D eigenvalue weighted by Crippen LogP contribution is -2.35. The monoisotopic (exact) mass is 457 g/mol. The number of thioether (sulfide) groups is 1. The van der Waals surface area contributed by atoms with Crippen molar-refractivity contribution in [3.8, 4) is 11.5 Å². The second kappa shape index (κ2) is 8.46. The first kappa shape index (κ1) is 19.8. The first-order valence-corrected chi connectivity index (χ1v) is 12.2. The Hall–Kier alpha value is -1.53. The molecule has 2 aromatic heterocycles. The number of rotatable bonds is 6. The Kier molecular flexibility index (Phi) is 5.97. The lowest BCUT2D eigenvalue weighted by Gasteiger charge is -2.25. The number of aromatic nitrogens is 4. The van der Waals surface area contributed by atoms with Gasteiger partial charge in [-0.25, -0.2) is 8.42 Å². The van der Waals surface area contributed by atoms with Gasteiger partial charge in [-0.3, -0.25) is 0 Å². The molecule has 0 unspecified atom stereocenters. The number of hydrogen-bond donors (Lipinski definition) is 0. The van der Waals surface area contributed by atoms with Crippen molar-refractivity contribution in [3.05, 3.63) is 34.3 Å². The van der Waals surface area contributed by atoms with Crippen molar-refractivity contribution >= 4 is 44.9 Å². The van der Waals surface area contributed by atoms with Gasteiger partial charge in [-0.2, -0.15) is 4.31 Å². The zero-order chi connectivity index (χ0) is 19.6. The van der Waals surface area contributed by atoms with Gasteiger partial charge in [-0.15, -0.1) is 15.3 Å². The summed E-state index contributed by atoms with van der Waals surface area (Å²) in [4.78, 5) is 0.236. The topological polar surface area (TPSA) is 102 Å². The van der Waals surface area contributed by atoms with Gasteiger partial charge in [-0.05, 0) is 31.0 Å². The fourth-order valence-electron chi connectivity index (χ4n) is 2.84. The highest BCUT2D eigenvalue weighted by Crippen LogP contribution is 2.30. The maximum Gasteiger partial charge on any atom is 0.277 e. The average Bonchev–Trinajstić information content (AvgIpc) is 3.36. The van der Waals surface area contributed by atoms with Gasteiger partial charge in [0, 0.05) is 35.9 Å². The summed E-state index contributed by atoms with van der Waals surface area (Å²) in [5.74, 6) is 0.723. The molecular formula is C16H16ClN5O3S3. The summed E-state index contributed by atoms with van der Waals surface area (Å²) in [5.41, 5.74) is 1.22. The number of piperidine rings is 1. The van der Waals surface area contributed by atoms with Crippen LogP contribution in [0.3, 0.4) is 0 Å². The van der Waals surface area contributed by atoms with E-state index in [9.17, 15) is 8.42 Å². The normalized spacial score (nSPS) is 15.8. The van der Waals surface area contributed by atoms with Crippen LogP contribution >= 0.6 is 34.9 Å². The molecule has 0 N–H and O–H groups in total. The van der Waals surface area contributed by atoms with E-state index in [1.54, 1.807) is 24.3 Å². The van der Waals surface area contributed by atoms with Crippen LogP contribution in [0.1, 0.15) is 25.0 Å². The zero-order valence-corrected chi connectivity index (χ0v) is 17.8. The average molecular weight is 458 g/mol. The summed E-state index contributed by atoms with van der Waals surface area (Å²) in [7, 11) is -3.52. The summed E-state index contributed by atoms with van der Waals surface area (Å²) in [6.45, 7) is 1.11. The highest BCUT2D eigenvalue weighted by Gasteiger charge is 2.26. The smallest absolute Gasteiger partial charge is 0.277 e. The predicted molar refractivity (Wildman–Crippen MR) is 107 cm³/mol. The summed E-state index contributed by atoms with van der Waals surface area (Å²) < 4.78 is 37.3. The van der Waals surface area contributed by atoms with Crippen LogP contribution < -0.4 is 0 Å². The molecule has 8 nitrogen and oxygen atoms in total. The van der Waals surface area contributed by atoms with E-state index >= 15 is 0 Å². The number of nitrogens with zero attached hydrogens (tertiary/aromatic N) is 5. The molecule has 0 amide bonds. The number of hydrogen-bond acceptors (Lipinski definition) is 9. The van der Waals surface area contributed by atoms with Crippen LogP contribution in [0.15, 0.2) is 38.8 Å². The summed E-state index contributed by atoms with van der Waals surface area (Å²) >= 11 is 8.40. The van der Waals surface area contributed by atoms with Crippen LogP contribution in [0.5, 0.6) is 0 Å².